The summed E-state index contributed by atoms with van der Waals surface area (Å²) in [6.07, 6.45) is 4.54. The first-order chi connectivity index (χ1) is 12.1. The Bertz CT molecular complexity index is 787. The van der Waals surface area contributed by atoms with Gasteiger partial charge in [-0.3, -0.25) is 4.79 Å². The molecular weight excluding hydrogens is 398 g/mol. The summed E-state index contributed by atoms with van der Waals surface area (Å²) in [5, 5.41) is 20.0. The van der Waals surface area contributed by atoms with E-state index in [0.717, 1.165) is 42.1 Å². The van der Waals surface area contributed by atoms with Gasteiger partial charge in [-0.15, -0.1) is 11.8 Å². The smallest absolute Gasteiger partial charge is 0.264 e. The number of nitriles is 2. The molecule has 0 radical (unpaired) electrons. The molecule has 25 heavy (non-hydrogen) atoms. The predicted molar refractivity (Wildman–Crippen MR) is 102 cm³/mol. The summed E-state index contributed by atoms with van der Waals surface area (Å²) in [5.74, 6) is -0.989. The van der Waals surface area contributed by atoms with E-state index in [4.69, 9.17) is 0 Å². The van der Waals surface area contributed by atoms with Crippen molar-refractivity contribution in [2.75, 3.05) is 0 Å². The highest BCUT2D eigenvalue weighted by Gasteiger charge is 2.54. The lowest BCUT2D eigenvalue weighted by molar-refractivity contribution is -0.125. The second-order valence-electron chi connectivity index (χ2n) is 6.59. The van der Waals surface area contributed by atoms with Gasteiger partial charge in [-0.05, 0) is 24.5 Å². The number of rotatable bonds is 2. The number of halogens is 1. The van der Waals surface area contributed by atoms with Gasteiger partial charge in [-0.25, -0.2) is 4.99 Å². The molecule has 2 unspecified atom stereocenters. The molecule has 0 aromatic heterocycles. The van der Waals surface area contributed by atoms with Crippen molar-refractivity contribution in [2.45, 2.75) is 37.9 Å². The number of thioether (sulfide) groups is 1. The Kier molecular flexibility index (Phi) is 5.61. The number of benzene rings is 1. The van der Waals surface area contributed by atoms with E-state index in [1.54, 1.807) is 0 Å². The zero-order chi connectivity index (χ0) is 17.9. The predicted octanol–water partition coefficient (Wildman–Crippen LogP) is 4.85. The lowest BCUT2D eigenvalue weighted by Gasteiger charge is -2.44. The van der Waals surface area contributed by atoms with Crippen LogP contribution in [0.5, 0.6) is 0 Å². The van der Waals surface area contributed by atoms with Crippen LogP contribution in [-0.2, 0) is 10.5 Å². The number of aliphatic imine (C=N–C) groups is 1. The van der Waals surface area contributed by atoms with Crippen molar-refractivity contribution in [2.24, 2.45) is 22.2 Å². The van der Waals surface area contributed by atoms with E-state index < -0.39 is 17.3 Å². The summed E-state index contributed by atoms with van der Waals surface area (Å²) in [6, 6.07) is 12.4. The Morgan fingerprint density at radius 1 is 1.16 bits per heavy atom. The number of nitrogens with zero attached hydrogens (tertiary/aromatic N) is 3. The first-order valence-corrected chi connectivity index (χ1v) is 10.2. The van der Waals surface area contributed by atoms with Crippen LogP contribution < -0.4 is 0 Å². The molecule has 0 N–H and O–H groups in total. The largest absolute Gasteiger partial charge is 0.271 e. The maximum Gasteiger partial charge on any atom is 0.264 e. The fraction of sp³-hybridized carbons (Fsp3) is 0.474. The summed E-state index contributed by atoms with van der Waals surface area (Å²) in [4.78, 5) is 16.7. The van der Waals surface area contributed by atoms with Crippen LogP contribution in [0, 0.1) is 39.9 Å². The van der Waals surface area contributed by atoms with E-state index in [-0.39, 0.29) is 5.91 Å². The SMILES string of the molecule is N#CC1C(=O)N=C(SCc2ccccc2Br)C(C#N)C12CCCCC2. The average Bonchev–Trinajstić information content (AvgIpc) is 2.62. The van der Waals surface area contributed by atoms with Gasteiger partial charge in [0, 0.05) is 15.6 Å². The monoisotopic (exact) mass is 415 g/mol. The van der Waals surface area contributed by atoms with Crippen LogP contribution in [0.2, 0.25) is 0 Å². The van der Waals surface area contributed by atoms with Crippen molar-refractivity contribution >= 4 is 38.6 Å². The van der Waals surface area contributed by atoms with E-state index in [1.807, 2.05) is 24.3 Å². The minimum atomic E-state index is -0.787. The highest BCUT2D eigenvalue weighted by Crippen LogP contribution is 2.52. The molecule has 1 aromatic rings. The molecule has 1 fully saturated rings. The lowest BCUT2D eigenvalue weighted by Crippen LogP contribution is -2.48. The van der Waals surface area contributed by atoms with Gasteiger partial charge < -0.3 is 0 Å². The van der Waals surface area contributed by atoms with Crippen molar-refractivity contribution in [3.63, 3.8) is 0 Å². The molecule has 0 saturated heterocycles. The van der Waals surface area contributed by atoms with Gasteiger partial charge in [0.2, 0.25) is 0 Å². The summed E-state index contributed by atoms with van der Waals surface area (Å²) < 4.78 is 1.00. The Morgan fingerprint density at radius 2 is 1.84 bits per heavy atom. The molecule has 1 aliphatic heterocycles. The molecule has 6 heteroatoms. The third-order valence-corrected chi connectivity index (χ3v) is 7.09. The fourth-order valence-corrected chi connectivity index (χ4v) is 5.71. The number of carbonyl (C=O) groups is 1. The molecule has 1 aliphatic carbocycles. The van der Waals surface area contributed by atoms with Crippen LogP contribution in [-0.4, -0.2) is 11.0 Å². The van der Waals surface area contributed by atoms with Gasteiger partial charge >= 0.3 is 0 Å². The third kappa shape index (κ3) is 3.38. The quantitative estimate of drug-likeness (QED) is 0.691. The molecule has 2 atom stereocenters. The molecular formula is C19H18BrN3OS. The maximum atomic E-state index is 12.5. The Hall–Kier alpha value is -1.63. The van der Waals surface area contributed by atoms with Crippen LogP contribution in [0.25, 0.3) is 0 Å². The van der Waals surface area contributed by atoms with E-state index in [1.165, 1.54) is 11.8 Å². The summed E-state index contributed by atoms with van der Waals surface area (Å²) in [5.41, 5.74) is 0.538. The van der Waals surface area contributed by atoms with Crippen LogP contribution in [0.1, 0.15) is 37.7 Å². The molecule has 1 aromatic carbocycles. The third-order valence-electron chi connectivity index (χ3n) is 5.24. The van der Waals surface area contributed by atoms with Gasteiger partial charge in [0.05, 0.1) is 17.2 Å². The Labute approximate surface area is 160 Å². The molecule has 3 rings (SSSR count). The van der Waals surface area contributed by atoms with Gasteiger partial charge in [-0.1, -0.05) is 53.4 Å². The van der Waals surface area contributed by atoms with Crippen LogP contribution in [0.4, 0.5) is 0 Å². The molecule has 1 heterocycles. The number of hydrogen-bond donors (Lipinski definition) is 0. The highest BCUT2D eigenvalue weighted by atomic mass is 79.9. The van der Waals surface area contributed by atoms with Crippen molar-refractivity contribution in [3.05, 3.63) is 34.3 Å². The molecule has 0 bridgehead atoms. The second-order valence-corrected chi connectivity index (χ2v) is 8.44. The van der Waals surface area contributed by atoms with E-state index in [0.29, 0.717) is 10.8 Å². The van der Waals surface area contributed by atoms with Gasteiger partial charge in [-0.2, -0.15) is 10.5 Å². The first-order valence-electron chi connectivity index (χ1n) is 8.40. The summed E-state index contributed by atoms with van der Waals surface area (Å²) in [7, 11) is 0. The van der Waals surface area contributed by atoms with Crippen LogP contribution >= 0.6 is 27.7 Å². The minimum absolute atomic E-state index is 0.370. The lowest BCUT2D eigenvalue weighted by atomic mass is 9.58. The van der Waals surface area contributed by atoms with Crippen molar-refractivity contribution in [3.8, 4) is 12.1 Å². The number of amides is 1. The second kappa shape index (κ2) is 7.72. The zero-order valence-electron chi connectivity index (χ0n) is 13.7. The molecule has 4 nitrogen and oxygen atoms in total. The van der Waals surface area contributed by atoms with Gasteiger partial charge in [0.1, 0.15) is 11.8 Å². The van der Waals surface area contributed by atoms with Gasteiger partial charge in [0.25, 0.3) is 5.91 Å². The molecule has 2 aliphatic rings. The van der Waals surface area contributed by atoms with Crippen LogP contribution in [0.3, 0.4) is 0 Å². The zero-order valence-corrected chi connectivity index (χ0v) is 16.1. The van der Waals surface area contributed by atoms with E-state index in [9.17, 15) is 15.3 Å². The number of carbonyl (C=O) groups excluding carboxylic acids is 1. The van der Waals surface area contributed by atoms with Gasteiger partial charge in [0.15, 0.2) is 0 Å². The summed E-state index contributed by atoms with van der Waals surface area (Å²) in [6.45, 7) is 0. The normalized spacial score (nSPS) is 25.1. The minimum Gasteiger partial charge on any atom is -0.271 e. The van der Waals surface area contributed by atoms with E-state index >= 15 is 0 Å². The molecule has 1 amide bonds. The first kappa shape index (κ1) is 18.2. The topological polar surface area (TPSA) is 77.0 Å². The van der Waals surface area contributed by atoms with Crippen molar-refractivity contribution in [1.29, 1.82) is 10.5 Å². The maximum absolute atomic E-state index is 12.5. The molecule has 1 spiro atoms. The van der Waals surface area contributed by atoms with Crippen LogP contribution in [0.15, 0.2) is 33.7 Å². The molecule has 1 saturated carbocycles. The standard InChI is InChI=1S/C19H18BrN3OS/c20-16-7-3-2-6-13(16)12-25-18-15(11-22)19(8-4-1-5-9-19)14(10-21)17(24)23-18/h2-3,6-7,14-15H,1,4-5,8-9,12H2. The molecule has 128 valence electrons. The average molecular weight is 416 g/mol. The van der Waals surface area contributed by atoms with Crippen molar-refractivity contribution < 1.29 is 4.79 Å². The van der Waals surface area contributed by atoms with Crippen molar-refractivity contribution in [1.82, 2.24) is 0 Å². The fourth-order valence-electron chi connectivity index (χ4n) is 3.93. The Balaban J connectivity index is 1.91. The Morgan fingerprint density at radius 3 is 2.48 bits per heavy atom. The van der Waals surface area contributed by atoms with E-state index in [2.05, 4.69) is 33.1 Å². The summed E-state index contributed by atoms with van der Waals surface area (Å²) >= 11 is 4.98. The highest BCUT2D eigenvalue weighted by molar-refractivity contribution is 9.10. The number of hydrogen-bond acceptors (Lipinski definition) is 4.